The van der Waals surface area contributed by atoms with Crippen LogP contribution in [0.4, 0.5) is 8.78 Å². The molecule has 0 saturated carbocycles. The first-order chi connectivity index (χ1) is 10.1. The van der Waals surface area contributed by atoms with Crippen molar-refractivity contribution in [3.8, 4) is 0 Å². The van der Waals surface area contributed by atoms with Gasteiger partial charge < -0.3 is 5.32 Å². The molecule has 1 atom stereocenters. The van der Waals surface area contributed by atoms with Crippen molar-refractivity contribution in [3.05, 3.63) is 71.3 Å². The van der Waals surface area contributed by atoms with E-state index in [9.17, 15) is 13.6 Å². The second kappa shape index (κ2) is 6.97. The molecule has 0 radical (unpaired) electrons. The maximum atomic E-state index is 13.7. The van der Waals surface area contributed by atoms with E-state index in [-0.39, 0.29) is 11.6 Å². The Morgan fingerprint density at radius 3 is 2.48 bits per heavy atom. The average Bonchev–Trinajstić information content (AvgIpc) is 2.50. The molecule has 2 aromatic carbocycles. The van der Waals surface area contributed by atoms with Crippen LogP contribution in [0.2, 0.25) is 0 Å². The highest BCUT2D eigenvalue weighted by molar-refractivity contribution is 5.94. The molecule has 0 bridgehead atoms. The molecule has 21 heavy (non-hydrogen) atoms. The van der Waals surface area contributed by atoms with Crippen LogP contribution in [0.5, 0.6) is 0 Å². The summed E-state index contributed by atoms with van der Waals surface area (Å²) in [6, 6.07) is 12.8. The Morgan fingerprint density at radius 2 is 1.81 bits per heavy atom. The predicted octanol–water partition coefficient (Wildman–Crippen LogP) is 4.24. The molecule has 0 aliphatic carbocycles. The minimum absolute atomic E-state index is 0.216. The molecule has 0 heterocycles. The Labute approximate surface area is 122 Å². The number of benzene rings is 2. The molecule has 0 aliphatic rings. The molecule has 110 valence electrons. The zero-order chi connectivity index (χ0) is 15.2. The highest BCUT2D eigenvalue weighted by atomic mass is 19.2. The van der Waals surface area contributed by atoms with Gasteiger partial charge in [-0.2, -0.15) is 0 Å². The number of amides is 1. The van der Waals surface area contributed by atoms with Gasteiger partial charge in [0.1, 0.15) is 0 Å². The summed E-state index contributed by atoms with van der Waals surface area (Å²) in [7, 11) is 0. The van der Waals surface area contributed by atoms with E-state index in [1.54, 1.807) is 0 Å². The van der Waals surface area contributed by atoms with Gasteiger partial charge in [0.25, 0.3) is 5.91 Å². The van der Waals surface area contributed by atoms with Crippen LogP contribution < -0.4 is 5.32 Å². The third-order valence-corrected chi connectivity index (χ3v) is 3.28. The van der Waals surface area contributed by atoms with Gasteiger partial charge in [0, 0.05) is 0 Å². The van der Waals surface area contributed by atoms with Crippen LogP contribution in [0.25, 0.3) is 0 Å². The highest BCUT2D eigenvalue weighted by Crippen LogP contribution is 2.20. The van der Waals surface area contributed by atoms with Crippen LogP contribution in [0.1, 0.15) is 41.7 Å². The fraction of sp³-hybridized carbons (Fsp3) is 0.235. The van der Waals surface area contributed by atoms with Crippen molar-refractivity contribution in [3.63, 3.8) is 0 Å². The summed E-state index contributed by atoms with van der Waals surface area (Å²) in [5, 5.41) is 2.77. The summed E-state index contributed by atoms with van der Waals surface area (Å²) >= 11 is 0. The lowest BCUT2D eigenvalue weighted by Crippen LogP contribution is -2.29. The molecule has 0 aromatic heterocycles. The summed E-state index contributed by atoms with van der Waals surface area (Å²) in [6.07, 6.45) is 1.60. The van der Waals surface area contributed by atoms with Crippen LogP contribution >= 0.6 is 0 Å². The molecule has 4 heteroatoms. The SMILES string of the molecule is CCCC(NC(=O)c1cccc(F)c1F)c1ccccc1. The largest absolute Gasteiger partial charge is 0.345 e. The lowest BCUT2D eigenvalue weighted by Gasteiger charge is -2.19. The van der Waals surface area contributed by atoms with E-state index < -0.39 is 17.5 Å². The highest BCUT2D eigenvalue weighted by Gasteiger charge is 2.19. The maximum Gasteiger partial charge on any atom is 0.254 e. The Bertz CT molecular complexity index is 613. The molecule has 0 aliphatic heterocycles. The average molecular weight is 289 g/mol. The van der Waals surface area contributed by atoms with Crippen molar-refractivity contribution >= 4 is 5.91 Å². The van der Waals surface area contributed by atoms with Gasteiger partial charge in [-0.1, -0.05) is 49.7 Å². The number of carbonyl (C=O) groups excluding carboxylic acids is 1. The Kier molecular flexibility index (Phi) is 5.04. The first-order valence-corrected chi connectivity index (χ1v) is 6.93. The van der Waals surface area contributed by atoms with E-state index in [1.807, 2.05) is 37.3 Å². The van der Waals surface area contributed by atoms with Crippen LogP contribution in [0.3, 0.4) is 0 Å². The molecular formula is C17H17F2NO. The standard InChI is InChI=1S/C17H17F2NO/c1-2-7-15(12-8-4-3-5-9-12)20-17(21)13-10-6-11-14(18)16(13)19/h3-6,8-11,15H,2,7H2,1H3,(H,20,21). The number of rotatable bonds is 5. The lowest BCUT2D eigenvalue weighted by atomic mass is 10.0. The van der Waals surface area contributed by atoms with Crippen LogP contribution in [-0.2, 0) is 0 Å². The molecule has 1 unspecified atom stereocenters. The minimum Gasteiger partial charge on any atom is -0.345 e. The second-order valence-corrected chi connectivity index (χ2v) is 4.83. The summed E-state index contributed by atoms with van der Waals surface area (Å²) < 4.78 is 26.8. The number of halogens is 2. The van der Waals surface area contributed by atoms with Crippen molar-refractivity contribution in [2.45, 2.75) is 25.8 Å². The van der Waals surface area contributed by atoms with Gasteiger partial charge in [-0.25, -0.2) is 8.78 Å². The Balaban J connectivity index is 2.21. The molecule has 2 rings (SSSR count). The third kappa shape index (κ3) is 3.66. The van der Waals surface area contributed by atoms with Gasteiger partial charge in [-0.15, -0.1) is 0 Å². The molecule has 1 N–H and O–H groups in total. The van der Waals surface area contributed by atoms with E-state index in [0.29, 0.717) is 0 Å². The monoisotopic (exact) mass is 289 g/mol. The van der Waals surface area contributed by atoms with E-state index in [2.05, 4.69) is 5.32 Å². The fourth-order valence-electron chi connectivity index (χ4n) is 2.21. The van der Waals surface area contributed by atoms with Gasteiger partial charge in [-0.05, 0) is 24.1 Å². The van der Waals surface area contributed by atoms with E-state index in [4.69, 9.17) is 0 Å². The zero-order valence-electron chi connectivity index (χ0n) is 11.8. The molecule has 0 fully saturated rings. The van der Waals surface area contributed by atoms with E-state index in [1.165, 1.54) is 12.1 Å². The summed E-state index contributed by atoms with van der Waals surface area (Å²) in [5.74, 6) is -2.73. The number of hydrogen-bond donors (Lipinski definition) is 1. The third-order valence-electron chi connectivity index (χ3n) is 3.28. The topological polar surface area (TPSA) is 29.1 Å². The number of hydrogen-bond acceptors (Lipinski definition) is 1. The van der Waals surface area contributed by atoms with Crippen molar-refractivity contribution < 1.29 is 13.6 Å². The van der Waals surface area contributed by atoms with Crippen LogP contribution in [0, 0.1) is 11.6 Å². The molecule has 2 nitrogen and oxygen atoms in total. The Hall–Kier alpha value is -2.23. The zero-order valence-corrected chi connectivity index (χ0v) is 11.8. The van der Waals surface area contributed by atoms with Crippen LogP contribution in [0.15, 0.2) is 48.5 Å². The second-order valence-electron chi connectivity index (χ2n) is 4.83. The van der Waals surface area contributed by atoms with Crippen molar-refractivity contribution in [1.82, 2.24) is 5.32 Å². The molecular weight excluding hydrogens is 272 g/mol. The van der Waals surface area contributed by atoms with Gasteiger partial charge in [-0.3, -0.25) is 4.79 Å². The smallest absolute Gasteiger partial charge is 0.254 e. The van der Waals surface area contributed by atoms with E-state index >= 15 is 0 Å². The molecule has 2 aromatic rings. The van der Waals surface area contributed by atoms with Gasteiger partial charge >= 0.3 is 0 Å². The van der Waals surface area contributed by atoms with Crippen molar-refractivity contribution in [1.29, 1.82) is 0 Å². The van der Waals surface area contributed by atoms with Crippen LogP contribution in [-0.4, -0.2) is 5.91 Å². The van der Waals surface area contributed by atoms with Crippen molar-refractivity contribution in [2.24, 2.45) is 0 Å². The summed E-state index contributed by atoms with van der Waals surface area (Å²) in [4.78, 5) is 12.2. The fourth-order valence-corrected chi connectivity index (χ4v) is 2.21. The summed E-state index contributed by atoms with van der Waals surface area (Å²) in [6.45, 7) is 2.00. The van der Waals surface area contributed by atoms with Gasteiger partial charge in [0.15, 0.2) is 11.6 Å². The molecule has 0 saturated heterocycles. The number of nitrogens with one attached hydrogen (secondary N) is 1. The van der Waals surface area contributed by atoms with Gasteiger partial charge in [0.2, 0.25) is 0 Å². The lowest BCUT2D eigenvalue weighted by molar-refractivity contribution is 0.0929. The van der Waals surface area contributed by atoms with Gasteiger partial charge in [0.05, 0.1) is 11.6 Å². The maximum absolute atomic E-state index is 13.7. The first kappa shape index (κ1) is 15.2. The minimum atomic E-state index is -1.11. The quantitative estimate of drug-likeness (QED) is 0.876. The molecule has 0 spiro atoms. The van der Waals surface area contributed by atoms with E-state index in [0.717, 1.165) is 24.5 Å². The summed E-state index contributed by atoms with van der Waals surface area (Å²) in [5.41, 5.74) is 0.677. The molecule has 1 amide bonds. The number of carbonyl (C=O) groups is 1. The van der Waals surface area contributed by atoms with Crippen molar-refractivity contribution in [2.75, 3.05) is 0 Å². The Morgan fingerprint density at radius 1 is 1.10 bits per heavy atom. The normalized spacial score (nSPS) is 12.0. The first-order valence-electron chi connectivity index (χ1n) is 6.93. The predicted molar refractivity (Wildman–Crippen MR) is 77.9 cm³/mol.